The molecule has 1 amide bonds. The lowest BCUT2D eigenvalue weighted by Gasteiger charge is -2.40. The molecule has 7 nitrogen and oxygen atoms in total. The first kappa shape index (κ1) is 26.3. The molecule has 3 aromatic rings. The number of nitrogens with one attached hydrogen (secondary N) is 1. The van der Waals surface area contributed by atoms with Crippen LogP contribution in [0.4, 0.5) is 18.9 Å². The highest BCUT2D eigenvalue weighted by molar-refractivity contribution is 6.03. The summed E-state index contributed by atoms with van der Waals surface area (Å²) < 4.78 is 55.6. The van der Waals surface area contributed by atoms with Gasteiger partial charge in [-0.05, 0) is 72.6 Å². The fourth-order valence-corrected chi connectivity index (χ4v) is 5.46. The van der Waals surface area contributed by atoms with Crippen molar-refractivity contribution in [3.05, 3.63) is 77.0 Å². The molecule has 3 heterocycles. The number of ether oxygens (including phenoxy) is 2. The third-order valence-electron chi connectivity index (χ3n) is 7.47. The first-order valence-corrected chi connectivity index (χ1v) is 12.5. The zero-order valence-electron chi connectivity index (χ0n) is 21.1. The quantitative estimate of drug-likeness (QED) is 0.473. The number of pyridine rings is 2. The summed E-state index contributed by atoms with van der Waals surface area (Å²) in [5, 5.41) is 2.79. The van der Waals surface area contributed by atoms with Gasteiger partial charge in [-0.3, -0.25) is 9.78 Å². The molecule has 3 atom stereocenters. The predicted octanol–water partition coefficient (Wildman–Crippen LogP) is 4.92. The zero-order chi connectivity index (χ0) is 27.0. The van der Waals surface area contributed by atoms with Gasteiger partial charge in [-0.25, -0.2) is 18.2 Å². The molecule has 0 radical (unpaired) electrons. The average molecular weight is 527 g/mol. The van der Waals surface area contributed by atoms with Crippen molar-refractivity contribution in [1.29, 1.82) is 0 Å². The molecule has 0 bridgehead atoms. The van der Waals surface area contributed by atoms with Gasteiger partial charge in [-0.1, -0.05) is 6.92 Å². The first-order chi connectivity index (χ1) is 18.2. The highest BCUT2D eigenvalue weighted by atomic mass is 19.1. The largest absolute Gasteiger partial charge is 0.375 e. The van der Waals surface area contributed by atoms with Crippen LogP contribution in [0.15, 0.2) is 42.7 Å². The maximum Gasteiger partial charge on any atom is 0.274 e. The van der Waals surface area contributed by atoms with Crippen molar-refractivity contribution >= 4 is 11.6 Å². The van der Waals surface area contributed by atoms with Crippen LogP contribution in [0.2, 0.25) is 0 Å². The van der Waals surface area contributed by atoms with Gasteiger partial charge in [0.1, 0.15) is 34.4 Å². The Labute approximate surface area is 218 Å². The summed E-state index contributed by atoms with van der Waals surface area (Å²) in [6.45, 7) is 2.44. The van der Waals surface area contributed by atoms with E-state index in [1.807, 2.05) is 6.07 Å². The Bertz CT molecular complexity index is 1330. The Morgan fingerprint density at radius 3 is 2.47 bits per heavy atom. The number of aromatic nitrogens is 2. The molecule has 3 N–H and O–H groups in total. The predicted molar refractivity (Wildman–Crippen MR) is 135 cm³/mol. The van der Waals surface area contributed by atoms with Gasteiger partial charge in [0.05, 0.1) is 30.7 Å². The normalized spacial score (nSPS) is 22.5. The number of carbonyl (C=O) groups excluding carboxylic acids is 1. The SMILES string of the molecule is COC1(c2cc(F)c(-c3nc(C(=O)Nc4cnccc4[C@@H]4C[C@H](C)C[C@H](N)C4)ccc3F)c(F)c2)COC1. The van der Waals surface area contributed by atoms with Crippen LogP contribution >= 0.6 is 0 Å². The fraction of sp³-hybridized carbons (Fsp3) is 0.393. The summed E-state index contributed by atoms with van der Waals surface area (Å²) in [6.07, 6.45) is 5.84. The van der Waals surface area contributed by atoms with Crippen LogP contribution in [0.25, 0.3) is 11.3 Å². The van der Waals surface area contributed by atoms with E-state index in [1.165, 1.54) is 19.4 Å². The van der Waals surface area contributed by atoms with E-state index in [0.29, 0.717) is 11.6 Å². The molecule has 1 aliphatic carbocycles. The van der Waals surface area contributed by atoms with Crippen molar-refractivity contribution in [2.24, 2.45) is 11.7 Å². The third kappa shape index (κ3) is 4.91. The summed E-state index contributed by atoms with van der Waals surface area (Å²) in [6, 6.07) is 6.20. The second kappa shape index (κ2) is 10.4. The van der Waals surface area contributed by atoms with Crippen molar-refractivity contribution < 1.29 is 27.4 Å². The molecule has 1 saturated carbocycles. The fourth-order valence-electron chi connectivity index (χ4n) is 5.46. The van der Waals surface area contributed by atoms with Crippen LogP contribution in [-0.2, 0) is 15.1 Å². The third-order valence-corrected chi connectivity index (χ3v) is 7.47. The Morgan fingerprint density at radius 1 is 1.11 bits per heavy atom. The lowest BCUT2D eigenvalue weighted by Crippen LogP contribution is -2.48. The van der Waals surface area contributed by atoms with Gasteiger partial charge in [0.25, 0.3) is 5.91 Å². The van der Waals surface area contributed by atoms with Crippen molar-refractivity contribution in [3.8, 4) is 11.3 Å². The van der Waals surface area contributed by atoms with E-state index in [-0.39, 0.29) is 36.4 Å². The topological polar surface area (TPSA) is 99.4 Å². The molecule has 2 aliphatic rings. The van der Waals surface area contributed by atoms with E-state index in [0.717, 1.165) is 43.0 Å². The number of amides is 1. The number of rotatable bonds is 6. The molecule has 10 heteroatoms. The molecule has 2 fully saturated rings. The van der Waals surface area contributed by atoms with E-state index in [4.69, 9.17) is 15.2 Å². The maximum absolute atomic E-state index is 15.1. The van der Waals surface area contributed by atoms with E-state index < -0.39 is 40.2 Å². The number of hydrogen-bond acceptors (Lipinski definition) is 6. The van der Waals surface area contributed by atoms with Crippen LogP contribution < -0.4 is 11.1 Å². The van der Waals surface area contributed by atoms with Gasteiger partial charge < -0.3 is 20.5 Å². The number of hydrogen-bond donors (Lipinski definition) is 2. The molecular weight excluding hydrogens is 497 g/mol. The average Bonchev–Trinajstić information content (AvgIpc) is 2.84. The summed E-state index contributed by atoms with van der Waals surface area (Å²) in [7, 11) is 1.42. The number of nitrogens with two attached hydrogens (primary N) is 1. The van der Waals surface area contributed by atoms with Crippen LogP contribution in [0.1, 0.15) is 53.7 Å². The van der Waals surface area contributed by atoms with Crippen LogP contribution in [-0.4, -0.2) is 42.2 Å². The van der Waals surface area contributed by atoms with Gasteiger partial charge >= 0.3 is 0 Å². The van der Waals surface area contributed by atoms with Crippen LogP contribution in [0.3, 0.4) is 0 Å². The number of carbonyl (C=O) groups is 1. The Hall–Kier alpha value is -3.34. The van der Waals surface area contributed by atoms with E-state index in [1.54, 1.807) is 6.20 Å². The number of anilines is 1. The van der Waals surface area contributed by atoms with Gasteiger partial charge in [-0.15, -0.1) is 0 Å². The number of methoxy groups -OCH3 is 1. The minimum Gasteiger partial charge on any atom is -0.375 e. The molecule has 38 heavy (non-hydrogen) atoms. The van der Waals surface area contributed by atoms with Crippen molar-refractivity contribution in [2.75, 3.05) is 25.6 Å². The molecule has 0 unspecified atom stereocenters. The number of nitrogens with zero attached hydrogens (tertiary/aromatic N) is 2. The lowest BCUT2D eigenvalue weighted by molar-refractivity contribution is -0.202. The highest BCUT2D eigenvalue weighted by Gasteiger charge is 2.42. The summed E-state index contributed by atoms with van der Waals surface area (Å²) in [5.74, 6) is -3.09. The second-order valence-corrected chi connectivity index (χ2v) is 10.2. The maximum atomic E-state index is 15.1. The lowest BCUT2D eigenvalue weighted by atomic mass is 9.76. The van der Waals surface area contributed by atoms with Crippen molar-refractivity contribution in [1.82, 2.24) is 9.97 Å². The van der Waals surface area contributed by atoms with Crippen molar-refractivity contribution in [3.63, 3.8) is 0 Å². The molecule has 1 aromatic carbocycles. The molecule has 5 rings (SSSR count). The number of halogens is 3. The molecule has 200 valence electrons. The summed E-state index contributed by atoms with van der Waals surface area (Å²) in [5.41, 5.74) is 5.43. The van der Waals surface area contributed by atoms with E-state index >= 15 is 8.78 Å². The standard InChI is InChI=1S/C28H29F3N4O3/c1-15-7-16(9-18(32)8-15)19-5-6-33-12-24(19)35-27(36)23-4-3-20(29)26(34-23)25-21(30)10-17(11-22(25)31)28(37-2)13-38-14-28/h3-6,10-12,15-16,18H,7-9,13-14,32H2,1-2H3,(H,35,36)/t15-,16+,18-/m0/s1. The van der Waals surface area contributed by atoms with Gasteiger partial charge in [0.15, 0.2) is 0 Å². The van der Waals surface area contributed by atoms with E-state index in [2.05, 4.69) is 22.2 Å². The number of benzene rings is 1. The molecule has 0 spiro atoms. The minimum absolute atomic E-state index is 0.0635. The molecule has 1 saturated heterocycles. The second-order valence-electron chi connectivity index (χ2n) is 10.2. The van der Waals surface area contributed by atoms with Crippen molar-refractivity contribution in [2.45, 2.75) is 43.7 Å². The van der Waals surface area contributed by atoms with Gasteiger partial charge in [0, 0.05) is 19.3 Å². The Morgan fingerprint density at radius 2 is 1.84 bits per heavy atom. The Kier molecular flexibility index (Phi) is 7.21. The summed E-state index contributed by atoms with van der Waals surface area (Å²) in [4.78, 5) is 21.3. The summed E-state index contributed by atoms with van der Waals surface area (Å²) >= 11 is 0. The van der Waals surface area contributed by atoms with Gasteiger partial charge in [0.2, 0.25) is 0 Å². The minimum atomic E-state index is -1.02. The smallest absolute Gasteiger partial charge is 0.274 e. The molecular formula is C28H29F3N4O3. The molecule has 1 aliphatic heterocycles. The zero-order valence-corrected chi connectivity index (χ0v) is 21.1. The van der Waals surface area contributed by atoms with Crippen LogP contribution in [0.5, 0.6) is 0 Å². The molecule has 2 aromatic heterocycles. The monoisotopic (exact) mass is 526 g/mol. The van der Waals surface area contributed by atoms with E-state index in [9.17, 15) is 9.18 Å². The van der Waals surface area contributed by atoms with Crippen LogP contribution in [0, 0.1) is 23.4 Å². The Balaban J connectivity index is 1.44. The highest BCUT2D eigenvalue weighted by Crippen LogP contribution is 2.39. The van der Waals surface area contributed by atoms with Gasteiger partial charge in [-0.2, -0.15) is 0 Å². The first-order valence-electron chi connectivity index (χ1n) is 12.5.